The summed E-state index contributed by atoms with van der Waals surface area (Å²) in [7, 11) is 1.75. The zero-order chi connectivity index (χ0) is 16.1. The molecule has 0 radical (unpaired) electrons. The van der Waals surface area contributed by atoms with Gasteiger partial charge in [0.15, 0.2) is 0 Å². The maximum atomic E-state index is 13.7. The summed E-state index contributed by atoms with van der Waals surface area (Å²) in [4.78, 5) is 13.7. The first-order valence-corrected chi connectivity index (χ1v) is 7.31. The highest BCUT2D eigenvalue weighted by Gasteiger charge is 2.12. The summed E-state index contributed by atoms with van der Waals surface area (Å²) in [6, 6.07) is 12.1. The molecule has 0 fully saturated rings. The van der Waals surface area contributed by atoms with Crippen molar-refractivity contribution in [2.75, 3.05) is 18.9 Å². The molecule has 5 heteroatoms. The number of hydrogen-bond acceptors (Lipinski definition) is 2. The highest BCUT2D eigenvalue weighted by atomic mass is 35.5. The Morgan fingerprint density at radius 2 is 1.91 bits per heavy atom. The lowest BCUT2D eigenvalue weighted by molar-refractivity contribution is -0.117. The molecular weight excluding hydrogens is 303 g/mol. The molecule has 2 aromatic carbocycles. The molecule has 2 aromatic rings. The number of carbonyl (C=O) groups is 1. The Balaban J connectivity index is 1.92. The molecule has 1 N–H and O–H groups in total. The molecule has 0 aliphatic rings. The van der Waals surface area contributed by atoms with Gasteiger partial charge in [0.25, 0.3) is 0 Å². The van der Waals surface area contributed by atoms with Crippen LogP contribution in [0, 0.1) is 12.7 Å². The van der Waals surface area contributed by atoms with Gasteiger partial charge in [0.1, 0.15) is 5.82 Å². The molecule has 0 bridgehead atoms. The van der Waals surface area contributed by atoms with Crippen molar-refractivity contribution >= 4 is 23.2 Å². The Hall–Kier alpha value is -1.91. The number of nitrogens with one attached hydrogen (secondary N) is 1. The van der Waals surface area contributed by atoms with Crippen LogP contribution in [0.1, 0.15) is 11.1 Å². The average molecular weight is 321 g/mol. The lowest BCUT2D eigenvalue weighted by Crippen LogP contribution is -2.30. The monoisotopic (exact) mass is 320 g/mol. The Morgan fingerprint density at radius 1 is 1.23 bits per heavy atom. The zero-order valence-corrected chi connectivity index (χ0v) is 13.3. The summed E-state index contributed by atoms with van der Waals surface area (Å²) in [5, 5.41) is 3.17. The Labute approximate surface area is 134 Å². The molecule has 3 nitrogen and oxygen atoms in total. The van der Waals surface area contributed by atoms with E-state index in [2.05, 4.69) is 5.32 Å². The van der Waals surface area contributed by atoms with Crippen molar-refractivity contribution in [1.82, 2.24) is 4.90 Å². The van der Waals surface area contributed by atoms with Crippen LogP contribution >= 0.6 is 11.6 Å². The van der Waals surface area contributed by atoms with Crippen molar-refractivity contribution in [3.8, 4) is 0 Å². The minimum absolute atomic E-state index is 0.151. The predicted molar refractivity (Wildman–Crippen MR) is 87.6 cm³/mol. The van der Waals surface area contributed by atoms with Crippen LogP contribution in [0.25, 0.3) is 0 Å². The molecule has 0 spiro atoms. The SMILES string of the molecule is Cc1ccc(NC(=O)CN(C)Cc2c(F)cccc2Cl)cc1. The van der Waals surface area contributed by atoms with Gasteiger partial charge in [0.05, 0.1) is 6.54 Å². The first-order chi connectivity index (χ1) is 10.5. The molecule has 22 heavy (non-hydrogen) atoms. The number of amides is 1. The number of halogens is 2. The van der Waals surface area contributed by atoms with Crippen LogP contribution in [0.3, 0.4) is 0 Å². The van der Waals surface area contributed by atoms with Crippen molar-refractivity contribution < 1.29 is 9.18 Å². The normalized spacial score (nSPS) is 10.8. The summed E-state index contributed by atoms with van der Waals surface area (Å²) < 4.78 is 13.7. The van der Waals surface area contributed by atoms with E-state index >= 15 is 0 Å². The average Bonchev–Trinajstić information content (AvgIpc) is 2.45. The van der Waals surface area contributed by atoms with Crippen molar-refractivity contribution in [1.29, 1.82) is 0 Å². The lowest BCUT2D eigenvalue weighted by atomic mass is 10.2. The van der Waals surface area contributed by atoms with E-state index in [1.165, 1.54) is 6.07 Å². The van der Waals surface area contributed by atoms with Gasteiger partial charge < -0.3 is 5.32 Å². The van der Waals surface area contributed by atoms with Gasteiger partial charge in [0, 0.05) is 22.8 Å². The Bertz CT molecular complexity index is 638. The third-order valence-corrected chi connectivity index (χ3v) is 3.59. The van der Waals surface area contributed by atoms with E-state index in [1.807, 2.05) is 31.2 Å². The quantitative estimate of drug-likeness (QED) is 0.907. The van der Waals surface area contributed by atoms with E-state index < -0.39 is 0 Å². The third kappa shape index (κ3) is 4.55. The summed E-state index contributed by atoms with van der Waals surface area (Å²) in [6.07, 6.45) is 0. The molecule has 0 aliphatic carbocycles. The maximum Gasteiger partial charge on any atom is 0.238 e. The summed E-state index contributed by atoms with van der Waals surface area (Å²) >= 11 is 5.99. The minimum atomic E-state index is -0.363. The van der Waals surface area contributed by atoms with Gasteiger partial charge in [-0.05, 0) is 38.2 Å². The van der Waals surface area contributed by atoms with E-state index in [0.717, 1.165) is 11.3 Å². The fraction of sp³-hybridized carbons (Fsp3) is 0.235. The summed E-state index contributed by atoms with van der Waals surface area (Å²) in [5.41, 5.74) is 2.27. The van der Waals surface area contributed by atoms with Crippen molar-refractivity contribution in [3.63, 3.8) is 0 Å². The molecule has 1 amide bonds. The summed E-state index contributed by atoms with van der Waals surface area (Å²) in [6.45, 7) is 2.41. The van der Waals surface area contributed by atoms with Crippen molar-refractivity contribution in [2.24, 2.45) is 0 Å². The highest BCUT2D eigenvalue weighted by molar-refractivity contribution is 6.31. The van der Waals surface area contributed by atoms with Crippen LogP contribution in [0.5, 0.6) is 0 Å². The molecule has 0 aromatic heterocycles. The second-order valence-corrected chi connectivity index (χ2v) is 5.69. The second kappa shape index (κ2) is 7.38. The molecule has 0 unspecified atom stereocenters. The third-order valence-electron chi connectivity index (χ3n) is 3.24. The molecule has 0 saturated heterocycles. The fourth-order valence-electron chi connectivity index (χ4n) is 2.09. The van der Waals surface area contributed by atoms with Gasteiger partial charge in [0.2, 0.25) is 5.91 Å². The van der Waals surface area contributed by atoms with Gasteiger partial charge in [-0.3, -0.25) is 9.69 Å². The molecular formula is C17H18ClFN2O. The first-order valence-electron chi connectivity index (χ1n) is 6.93. The van der Waals surface area contributed by atoms with Crippen LogP contribution in [0.4, 0.5) is 10.1 Å². The lowest BCUT2D eigenvalue weighted by Gasteiger charge is -2.17. The minimum Gasteiger partial charge on any atom is -0.325 e. The van der Waals surface area contributed by atoms with Gasteiger partial charge in [-0.25, -0.2) is 4.39 Å². The number of likely N-dealkylation sites (N-methyl/N-ethyl adjacent to an activating group) is 1. The number of aryl methyl sites for hydroxylation is 1. The van der Waals surface area contributed by atoms with E-state index in [0.29, 0.717) is 10.6 Å². The fourth-order valence-corrected chi connectivity index (χ4v) is 2.31. The number of carbonyl (C=O) groups excluding carboxylic acids is 1. The molecule has 116 valence electrons. The smallest absolute Gasteiger partial charge is 0.238 e. The Kier molecular flexibility index (Phi) is 5.52. The zero-order valence-electron chi connectivity index (χ0n) is 12.6. The van der Waals surface area contributed by atoms with E-state index in [1.54, 1.807) is 24.1 Å². The predicted octanol–water partition coefficient (Wildman–Crippen LogP) is 3.86. The van der Waals surface area contributed by atoms with Crippen LogP contribution in [-0.4, -0.2) is 24.4 Å². The van der Waals surface area contributed by atoms with E-state index in [4.69, 9.17) is 11.6 Å². The number of benzene rings is 2. The van der Waals surface area contributed by atoms with Crippen LogP contribution in [-0.2, 0) is 11.3 Å². The second-order valence-electron chi connectivity index (χ2n) is 5.29. The molecule has 0 aliphatic heterocycles. The first kappa shape index (κ1) is 16.5. The van der Waals surface area contributed by atoms with Crippen LogP contribution in [0.15, 0.2) is 42.5 Å². The topological polar surface area (TPSA) is 32.3 Å². The van der Waals surface area contributed by atoms with Gasteiger partial charge >= 0.3 is 0 Å². The molecule has 0 heterocycles. The standard InChI is InChI=1S/C17H18ClFN2O/c1-12-6-8-13(9-7-12)20-17(22)11-21(2)10-14-15(18)4-3-5-16(14)19/h3-9H,10-11H2,1-2H3,(H,20,22). The number of anilines is 1. The maximum absolute atomic E-state index is 13.7. The van der Waals surface area contributed by atoms with Crippen LogP contribution in [0.2, 0.25) is 5.02 Å². The number of nitrogens with zero attached hydrogens (tertiary/aromatic N) is 1. The van der Waals surface area contributed by atoms with E-state index in [9.17, 15) is 9.18 Å². The van der Waals surface area contributed by atoms with Gasteiger partial charge in [-0.15, -0.1) is 0 Å². The molecule has 0 atom stereocenters. The summed E-state index contributed by atoms with van der Waals surface area (Å²) in [5.74, 6) is -0.517. The van der Waals surface area contributed by atoms with Gasteiger partial charge in [-0.1, -0.05) is 35.4 Å². The van der Waals surface area contributed by atoms with Crippen molar-refractivity contribution in [2.45, 2.75) is 13.5 Å². The number of hydrogen-bond donors (Lipinski definition) is 1. The van der Waals surface area contributed by atoms with E-state index in [-0.39, 0.29) is 24.8 Å². The van der Waals surface area contributed by atoms with Crippen LogP contribution < -0.4 is 5.32 Å². The van der Waals surface area contributed by atoms with Crippen molar-refractivity contribution in [3.05, 3.63) is 64.4 Å². The largest absolute Gasteiger partial charge is 0.325 e. The Morgan fingerprint density at radius 3 is 2.55 bits per heavy atom. The molecule has 0 saturated carbocycles. The number of rotatable bonds is 5. The molecule has 2 rings (SSSR count). The highest BCUT2D eigenvalue weighted by Crippen LogP contribution is 2.20. The van der Waals surface area contributed by atoms with Gasteiger partial charge in [-0.2, -0.15) is 0 Å².